The van der Waals surface area contributed by atoms with E-state index >= 15 is 0 Å². The highest BCUT2D eigenvalue weighted by atomic mass is 16.5. The van der Waals surface area contributed by atoms with E-state index in [2.05, 4.69) is 13.8 Å². The van der Waals surface area contributed by atoms with Crippen molar-refractivity contribution in [3.8, 4) is 17.2 Å². The summed E-state index contributed by atoms with van der Waals surface area (Å²) in [4.78, 5) is 0. The molecule has 18 heavy (non-hydrogen) atoms. The third-order valence-electron chi connectivity index (χ3n) is 3.17. The lowest BCUT2D eigenvalue weighted by Crippen LogP contribution is -2.20. The van der Waals surface area contributed by atoms with E-state index in [9.17, 15) is 0 Å². The Morgan fingerprint density at radius 2 is 1.61 bits per heavy atom. The Balaban J connectivity index is 3.37. The monoisotopic (exact) mass is 254 g/mol. The lowest BCUT2D eigenvalue weighted by molar-refractivity contribution is 0.247. The first-order valence-corrected chi connectivity index (χ1v) is 5.92. The first-order chi connectivity index (χ1) is 8.51. The van der Waals surface area contributed by atoms with Gasteiger partial charge in [0.25, 0.3) is 0 Å². The van der Waals surface area contributed by atoms with Crippen LogP contribution >= 0.6 is 0 Å². The molecule has 0 heterocycles. The number of aliphatic hydroxyl groups is 1. The molecule has 1 rings (SSSR count). The lowest BCUT2D eigenvalue weighted by Gasteiger charge is -2.27. The molecular formula is C14H22O4. The summed E-state index contributed by atoms with van der Waals surface area (Å²) in [6.07, 6.45) is 0.652. The van der Waals surface area contributed by atoms with Crippen molar-refractivity contribution in [1.82, 2.24) is 0 Å². The standard InChI is InChI=1S/C14H22O4/c1-14(2,8-9-15)10-6-7-11(16-3)13(18-5)12(10)17-4/h6-7,15H,8-9H2,1-5H3. The van der Waals surface area contributed by atoms with Gasteiger partial charge in [-0.1, -0.05) is 19.9 Å². The maximum Gasteiger partial charge on any atom is 0.203 e. The van der Waals surface area contributed by atoms with Crippen molar-refractivity contribution in [2.45, 2.75) is 25.7 Å². The molecule has 0 atom stereocenters. The van der Waals surface area contributed by atoms with Gasteiger partial charge in [0.2, 0.25) is 5.75 Å². The quantitative estimate of drug-likeness (QED) is 0.846. The summed E-state index contributed by atoms with van der Waals surface area (Å²) in [6, 6.07) is 3.81. The average molecular weight is 254 g/mol. The second-order valence-corrected chi connectivity index (χ2v) is 4.74. The number of methoxy groups -OCH3 is 3. The van der Waals surface area contributed by atoms with Crippen LogP contribution in [0.2, 0.25) is 0 Å². The largest absolute Gasteiger partial charge is 0.493 e. The van der Waals surface area contributed by atoms with Gasteiger partial charge in [0.1, 0.15) is 0 Å². The number of ether oxygens (including phenoxy) is 3. The van der Waals surface area contributed by atoms with Crippen LogP contribution in [0.25, 0.3) is 0 Å². The van der Waals surface area contributed by atoms with Crippen LogP contribution in [0.4, 0.5) is 0 Å². The highest BCUT2D eigenvalue weighted by Gasteiger charge is 2.27. The summed E-state index contributed by atoms with van der Waals surface area (Å²) in [5.41, 5.74) is 0.802. The zero-order valence-electron chi connectivity index (χ0n) is 11.7. The fourth-order valence-corrected chi connectivity index (χ4v) is 2.05. The van der Waals surface area contributed by atoms with Crippen molar-refractivity contribution < 1.29 is 19.3 Å². The molecule has 0 aliphatic carbocycles. The molecule has 0 radical (unpaired) electrons. The summed E-state index contributed by atoms with van der Waals surface area (Å²) >= 11 is 0. The Morgan fingerprint density at radius 1 is 1.00 bits per heavy atom. The number of aliphatic hydroxyl groups excluding tert-OH is 1. The van der Waals surface area contributed by atoms with Gasteiger partial charge in [-0.05, 0) is 17.9 Å². The minimum atomic E-state index is -0.195. The van der Waals surface area contributed by atoms with Gasteiger partial charge >= 0.3 is 0 Å². The van der Waals surface area contributed by atoms with Gasteiger partial charge in [-0.2, -0.15) is 0 Å². The van der Waals surface area contributed by atoms with Crippen molar-refractivity contribution in [2.24, 2.45) is 0 Å². The van der Waals surface area contributed by atoms with Crippen LogP contribution in [-0.2, 0) is 5.41 Å². The van der Waals surface area contributed by atoms with Crippen molar-refractivity contribution in [3.05, 3.63) is 17.7 Å². The Bertz CT molecular complexity index is 399. The Hall–Kier alpha value is -1.42. The van der Waals surface area contributed by atoms with Crippen molar-refractivity contribution in [2.75, 3.05) is 27.9 Å². The second-order valence-electron chi connectivity index (χ2n) is 4.74. The third-order valence-corrected chi connectivity index (χ3v) is 3.17. The van der Waals surface area contributed by atoms with Gasteiger partial charge in [0.15, 0.2) is 11.5 Å². The van der Waals surface area contributed by atoms with E-state index < -0.39 is 0 Å². The molecule has 4 heteroatoms. The van der Waals surface area contributed by atoms with Crippen LogP contribution in [0.5, 0.6) is 17.2 Å². The maximum absolute atomic E-state index is 9.16. The fraction of sp³-hybridized carbons (Fsp3) is 0.571. The Morgan fingerprint density at radius 3 is 2.06 bits per heavy atom. The van der Waals surface area contributed by atoms with Crippen molar-refractivity contribution in [1.29, 1.82) is 0 Å². The van der Waals surface area contributed by atoms with Gasteiger partial charge in [-0.25, -0.2) is 0 Å². The number of benzene rings is 1. The maximum atomic E-state index is 9.16. The minimum absolute atomic E-state index is 0.129. The van der Waals surface area contributed by atoms with Crippen LogP contribution in [-0.4, -0.2) is 33.0 Å². The summed E-state index contributed by atoms with van der Waals surface area (Å²) in [5.74, 6) is 1.89. The van der Waals surface area contributed by atoms with E-state index in [1.807, 2.05) is 12.1 Å². The molecule has 0 fully saturated rings. The van der Waals surface area contributed by atoms with Crippen LogP contribution < -0.4 is 14.2 Å². The molecule has 0 saturated carbocycles. The van der Waals surface area contributed by atoms with Crippen LogP contribution in [0.1, 0.15) is 25.8 Å². The summed E-state index contributed by atoms with van der Waals surface area (Å²) < 4.78 is 16.1. The number of hydrogen-bond acceptors (Lipinski definition) is 4. The predicted molar refractivity (Wildman–Crippen MR) is 70.8 cm³/mol. The summed E-state index contributed by atoms with van der Waals surface area (Å²) in [5, 5.41) is 9.16. The van der Waals surface area contributed by atoms with E-state index in [0.717, 1.165) is 5.56 Å². The molecule has 0 spiro atoms. The Kier molecular flexibility index (Phi) is 4.84. The van der Waals surface area contributed by atoms with Gasteiger partial charge in [0, 0.05) is 12.2 Å². The SMILES string of the molecule is COc1ccc(C(C)(C)CCO)c(OC)c1OC. The predicted octanol–water partition coefficient (Wildman–Crippen LogP) is 2.37. The second kappa shape index (κ2) is 5.96. The van der Waals surface area contributed by atoms with Crippen LogP contribution in [0, 0.1) is 0 Å². The molecule has 0 unspecified atom stereocenters. The fourth-order valence-electron chi connectivity index (χ4n) is 2.05. The molecule has 4 nitrogen and oxygen atoms in total. The van der Waals surface area contributed by atoms with E-state index in [4.69, 9.17) is 19.3 Å². The van der Waals surface area contributed by atoms with Crippen LogP contribution in [0.3, 0.4) is 0 Å². The summed E-state index contributed by atoms with van der Waals surface area (Å²) in [6.45, 7) is 4.25. The molecule has 0 aliphatic heterocycles. The highest BCUT2D eigenvalue weighted by Crippen LogP contribution is 2.45. The molecule has 0 aliphatic rings. The zero-order valence-corrected chi connectivity index (χ0v) is 11.7. The molecule has 102 valence electrons. The minimum Gasteiger partial charge on any atom is -0.493 e. The summed E-state index contributed by atoms with van der Waals surface area (Å²) in [7, 11) is 4.79. The van der Waals surface area contributed by atoms with Crippen molar-refractivity contribution in [3.63, 3.8) is 0 Å². The Labute approximate surface area is 108 Å². The zero-order chi connectivity index (χ0) is 13.8. The molecule has 1 N–H and O–H groups in total. The van der Waals surface area contributed by atoms with Gasteiger partial charge in [-0.15, -0.1) is 0 Å². The smallest absolute Gasteiger partial charge is 0.203 e. The van der Waals surface area contributed by atoms with E-state index in [0.29, 0.717) is 23.7 Å². The average Bonchev–Trinajstić information content (AvgIpc) is 2.36. The van der Waals surface area contributed by atoms with Gasteiger partial charge in [-0.3, -0.25) is 0 Å². The number of hydrogen-bond donors (Lipinski definition) is 1. The highest BCUT2D eigenvalue weighted by molar-refractivity contribution is 5.57. The molecule has 0 aromatic heterocycles. The first kappa shape index (κ1) is 14.6. The molecule has 0 saturated heterocycles. The van der Waals surface area contributed by atoms with E-state index in [-0.39, 0.29) is 12.0 Å². The molecular weight excluding hydrogens is 232 g/mol. The normalized spacial score (nSPS) is 11.2. The molecule has 0 bridgehead atoms. The molecule has 0 amide bonds. The van der Waals surface area contributed by atoms with Crippen LogP contribution in [0.15, 0.2) is 12.1 Å². The van der Waals surface area contributed by atoms with E-state index in [1.165, 1.54) is 0 Å². The number of rotatable bonds is 6. The van der Waals surface area contributed by atoms with E-state index in [1.54, 1.807) is 21.3 Å². The van der Waals surface area contributed by atoms with Gasteiger partial charge in [0.05, 0.1) is 21.3 Å². The topological polar surface area (TPSA) is 47.9 Å². The molecule has 1 aromatic carbocycles. The van der Waals surface area contributed by atoms with Crippen molar-refractivity contribution >= 4 is 0 Å². The molecule has 1 aromatic rings. The van der Waals surface area contributed by atoms with Gasteiger partial charge < -0.3 is 19.3 Å². The third kappa shape index (κ3) is 2.70. The first-order valence-electron chi connectivity index (χ1n) is 5.92. The lowest BCUT2D eigenvalue weighted by atomic mass is 9.81.